The van der Waals surface area contributed by atoms with Crippen LogP contribution in [-0.2, 0) is 9.47 Å². The van der Waals surface area contributed by atoms with Crippen molar-refractivity contribution in [2.45, 2.75) is 41.3 Å². The number of rotatable bonds is 10. The van der Waals surface area contributed by atoms with Gasteiger partial charge in [0, 0.05) is 30.2 Å². The molecule has 3 nitrogen and oxygen atoms in total. The Hall–Kier alpha value is 0.297. The number of benzene rings is 1. The Morgan fingerprint density at radius 3 is 2.65 bits per heavy atom. The van der Waals surface area contributed by atoms with Crippen LogP contribution in [0, 0.1) is 0 Å². The summed E-state index contributed by atoms with van der Waals surface area (Å²) in [6.07, 6.45) is 2.16. The van der Waals surface area contributed by atoms with E-state index >= 15 is 0 Å². The third kappa shape index (κ3) is 5.39. The molecule has 0 saturated heterocycles. The Morgan fingerprint density at radius 2 is 2.04 bits per heavy atom. The minimum Gasteiger partial charge on any atom is -0.344 e. The van der Waals surface area contributed by atoms with E-state index in [1.165, 1.54) is 11.1 Å². The number of ether oxygens (including phenoxy) is 2. The number of para-hydroxylation sites is 1. The Bertz CT molecular complexity index is 569. The quantitative estimate of drug-likeness (QED) is 0.297. The zero-order valence-electron chi connectivity index (χ0n) is 13.9. The highest BCUT2D eigenvalue weighted by molar-refractivity contribution is 9.09. The number of hydrogen-bond acceptors (Lipinski definition) is 7. The van der Waals surface area contributed by atoms with Crippen molar-refractivity contribution in [3.8, 4) is 0 Å². The van der Waals surface area contributed by atoms with Gasteiger partial charge in [0.1, 0.15) is 0 Å². The van der Waals surface area contributed by atoms with Crippen molar-refractivity contribution in [1.82, 2.24) is 4.98 Å². The van der Waals surface area contributed by atoms with Gasteiger partial charge in [0.25, 0.3) is 0 Å². The summed E-state index contributed by atoms with van der Waals surface area (Å²) in [5, 5.41) is -0.558. The van der Waals surface area contributed by atoms with Crippen molar-refractivity contribution >= 4 is 62.5 Å². The van der Waals surface area contributed by atoms with Crippen LogP contribution >= 0.6 is 42.8 Å². The lowest BCUT2D eigenvalue weighted by atomic mass is 10.2. The van der Waals surface area contributed by atoms with Crippen LogP contribution in [0.2, 0.25) is 12.1 Å². The first-order valence-electron chi connectivity index (χ1n) is 7.64. The summed E-state index contributed by atoms with van der Waals surface area (Å²) in [4.78, 5) is 4.65. The SMILES string of the molecule is CCC(CC(OC)(OC)SSSc1nc2ccccc2s1)[SiH2]C. The van der Waals surface area contributed by atoms with Gasteiger partial charge in [-0.3, -0.25) is 0 Å². The van der Waals surface area contributed by atoms with E-state index in [1.54, 1.807) is 57.0 Å². The summed E-state index contributed by atoms with van der Waals surface area (Å²) in [6.45, 7) is 4.61. The Morgan fingerprint density at radius 1 is 1.30 bits per heavy atom. The highest BCUT2D eigenvalue weighted by Gasteiger charge is 2.34. The van der Waals surface area contributed by atoms with E-state index in [2.05, 4.69) is 36.7 Å². The maximum Gasteiger partial charge on any atom is 0.228 e. The van der Waals surface area contributed by atoms with Gasteiger partial charge in [-0.1, -0.05) is 32.0 Å². The zero-order valence-corrected chi connectivity index (χ0v) is 18.6. The number of aromatic nitrogens is 1. The minimum absolute atomic E-state index is 0.0609. The molecule has 0 fully saturated rings. The highest BCUT2D eigenvalue weighted by atomic mass is 33.5. The molecule has 0 aliphatic rings. The molecule has 1 atom stereocenters. The van der Waals surface area contributed by atoms with Gasteiger partial charge >= 0.3 is 0 Å². The fourth-order valence-electron chi connectivity index (χ4n) is 2.27. The lowest BCUT2D eigenvalue weighted by molar-refractivity contribution is -0.137. The van der Waals surface area contributed by atoms with E-state index in [4.69, 9.17) is 9.47 Å². The normalized spacial score (nSPS) is 14.1. The van der Waals surface area contributed by atoms with Crippen molar-refractivity contribution in [3.05, 3.63) is 24.3 Å². The van der Waals surface area contributed by atoms with Crippen molar-refractivity contribution in [2.75, 3.05) is 14.2 Å². The van der Waals surface area contributed by atoms with E-state index in [0.29, 0.717) is 0 Å². The summed E-state index contributed by atoms with van der Waals surface area (Å²) in [5.74, 6) is 0. The number of methoxy groups -OCH3 is 2. The molecule has 2 aromatic rings. The minimum atomic E-state index is -0.558. The summed E-state index contributed by atoms with van der Waals surface area (Å²) in [6, 6.07) is 8.25. The van der Waals surface area contributed by atoms with Gasteiger partial charge in [0.05, 0.1) is 10.2 Å². The molecular formula is C15H23NO2S4Si. The third-order valence-electron chi connectivity index (χ3n) is 3.86. The average molecular weight is 406 g/mol. The molecule has 23 heavy (non-hydrogen) atoms. The molecule has 1 aromatic carbocycles. The van der Waals surface area contributed by atoms with Crippen molar-refractivity contribution in [1.29, 1.82) is 0 Å². The molecule has 1 unspecified atom stereocenters. The second-order valence-corrected chi connectivity index (χ2v) is 12.5. The van der Waals surface area contributed by atoms with Gasteiger partial charge < -0.3 is 9.47 Å². The third-order valence-corrected chi connectivity index (χ3v) is 11.5. The van der Waals surface area contributed by atoms with Gasteiger partial charge in [-0.15, -0.1) is 11.3 Å². The molecule has 0 spiro atoms. The molecule has 0 saturated carbocycles. The topological polar surface area (TPSA) is 31.4 Å². The molecule has 8 heteroatoms. The summed E-state index contributed by atoms with van der Waals surface area (Å²) in [7, 11) is 8.45. The molecule has 0 aliphatic heterocycles. The maximum atomic E-state index is 5.73. The van der Waals surface area contributed by atoms with E-state index in [9.17, 15) is 0 Å². The molecule has 2 rings (SSSR count). The first-order chi connectivity index (χ1) is 11.2. The number of fused-ring (bicyclic) bond motifs is 1. The number of hydrogen-bond donors (Lipinski definition) is 0. The number of nitrogens with zero attached hydrogens (tertiary/aromatic N) is 1. The van der Waals surface area contributed by atoms with Gasteiger partial charge in [-0.25, -0.2) is 4.98 Å². The molecule has 1 heterocycles. The van der Waals surface area contributed by atoms with Crippen LogP contribution in [0.25, 0.3) is 10.2 Å². The number of thiazole rings is 1. The summed E-state index contributed by atoms with van der Waals surface area (Å²) >= 11 is 1.73. The van der Waals surface area contributed by atoms with Gasteiger partial charge in [0.15, 0.2) is 4.34 Å². The molecule has 0 aliphatic carbocycles. The van der Waals surface area contributed by atoms with Crippen molar-refractivity contribution in [2.24, 2.45) is 0 Å². The van der Waals surface area contributed by atoms with Crippen LogP contribution in [0.5, 0.6) is 0 Å². The predicted molar refractivity (Wildman–Crippen MR) is 110 cm³/mol. The molecule has 128 valence electrons. The van der Waals surface area contributed by atoms with Gasteiger partial charge in [0.2, 0.25) is 5.12 Å². The Labute approximate surface area is 156 Å². The second-order valence-electron chi connectivity index (χ2n) is 5.16. The van der Waals surface area contributed by atoms with Gasteiger partial charge in [-0.05, 0) is 49.1 Å². The Balaban J connectivity index is 1.95. The fraction of sp³-hybridized carbons (Fsp3) is 0.533. The lowest BCUT2D eigenvalue weighted by Crippen LogP contribution is -2.31. The first kappa shape index (κ1) is 19.6. The predicted octanol–water partition coefficient (Wildman–Crippen LogP) is 5.44. The monoisotopic (exact) mass is 405 g/mol. The lowest BCUT2D eigenvalue weighted by Gasteiger charge is -2.31. The van der Waals surface area contributed by atoms with Crippen molar-refractivity contribution < 1.29 is 9.47 Å². The average Bonchev–Trinajstić information content (AvgIpc) is 3.01. The fourth-order valence-corrected chi connectivity index (χ4v) is 9.73. The Kier molecular flexibility index (Phi) is 8.27. The van der Waals surface area contributed by atoms with E-state index in [-0.39, 0.29) is 9.52 Å². The largest absolute Gasteiger partial charge is 0.344 e. The van der Waals surface area contributed by atoms with Crippen LogP contribution in [0.15, 0.2) is 28.6 Å². The van der Waals surface area contributed by atoms with E-state index in [0.717, 1.165) is 21.8 Å². The van der Waals surface area contributed by atoms with Crippen LogP contribution in [0.3, 0.4) is 0 Å². The highest BCUT2D eigenvalue weighted by Crippen LogP contribution is 2.51. The van der Waals surface area contributed by atoms with Crippen LogP contribution in [-0.4, -0.2) is 33.8 Å². The molecule has 0 amide bonds. The smallest absolute Gasteiger partial charge is 0.228 e. The van der Waals surface area contributed by atoms with Gasteiger partial charge in [-0.2, -0.15) is 0 Å². The van der Waals surface area contributed by atoms with Crippen molar-refractivity contribution in [3.63, 3.8) is 0 Å². The molecular weight excluding hydrogens is 383 g/mol. The van der Waals surface area contributed by atoms with E-state index < -0.39 is 5.12 Å². The standard InChI is InChI=1S/C15H23NO2S4Si/c1-5-11(23-4)10-15(17-2,18-3)21-22-20-14-16-12-8-6-7-9-13(12)19-14/h6-9,11H,5,10,23H2,1-4H3. The zero-order chi connectivity index (χ0) is 16.7. The molecule has 0 bridgehead atoms. The first-order valence-corrected chi connectivity index (χ1v) is 14.2. The molecule has 1 aromatic heterocycles. The van der Waals surface area contributed by atoms with Crippen LogP contribution in [0.4, 0.5) is 0 Å². The maximum absolute atomic E-state index is 5.73. The van der Waals surface area contributed by atoms with Crippen LogP contribution < -0.4 is 0 Å². The second kappa shape index (κ2) is 9.70. The van der Waals surface area contributed by atoms with Crippen LogP contribution in [0.1, 0.15) is 19.8 Å². The molecule has 0 radical (unpaired) electrons. The summed E-state index contributed by atoms with van der Waals surface area (Å²) in [5.41, 5.74) is 1.81. The molecule has 0 N–H and O–H groups in total. The van der Waals surface area contributed by atoms with E-state index in [1.807, 2.05) is 6.07 Å². The summed E-state index contributed by atoms with van der Waals surface area (Å²) < 4.78 is 13.8.